The Morgan fingerprint density at radius 2 is 1.79 bits per heavy atom. The van der Waals surface area contributed by atoms with Crippen LogP contribution in [0.15, 0.2) is 0 Å². The minimum Gasteiger partial charge on any atom is -0.339 e. The van der Waals surface area contributed by atoms with E-state index in [2.05, 4.69) is 9.80 Å². The van der Waals surface area contributed by atoms with Gasteiger partial charge in [0.2, 0.25) is 11.8 Å². The quantitative estimate of drug-likeness (QED) is 0.662. The monoisotopic (exact) mass is 262 g/mol. The second-order valence-corrected chi connectivity index (χ2v) is 6.70. The fourth-order valence-electron chi connectivity index (χ4n) is 4.89. The number of amides is 2. The van der Waals surface area contributed by atoms with Crippen molar-refractivity contribution in [3.63, 3.8) is 0 Å². The van der Waals surface area contributed by atoms with Gasteiger partial charge in [0.15, 0.2) is 0 Å². The minimum atomic E-state index is 0.109. The lowest BCUT2D eigenvalue weighted by Gasteiger charge is -2.56. The van der Waals surface area contributed by atoms with E-state index in [1.165, 1.54) is 6.42 Å². The number of rotatable bonds is 0. The third-order valence-electron chi connectivity index (χ3n) is 5.76. The SMILES string of the molecule is O=C1CCC[C@@H]2[C@H]3C[C@@H](CN12)[C@@H]1CCCCN1C3=O. The summed E-state index contributed by atoms with van der Waals surface area (Å²) in [5.41, 5.74) is 0. The Hall–Kier alpha value is -1.06. The van der Waals surface area contributed by atoms with E-state index >= 15 is 0 Å². The normalized spacial score (nSPS) is 41.9. The van der Waals surface area contributed by atoms with E-state index < -0.39 is 0 Å². The molecule has 0 spiro atoms. The van der Waals surface area contributed by atoms with Crippen molar-refractivity contribution in [3.8, 4) is 0 Å². The number of fused-ring (bicyclic) bond motifs is 6. The van der Waals surface area contributed by atoms with Gasteiger partial charge in [0.25, 0.3) is 0 Å². The zero-order valence-corrected chi connectivity index (χ0v) is 11.4. The Labute approximate surface area is 114 Å². The first-order valence-electron chi connectivity index (χ1n) is 7.85. The van der Waals surface area contributed by atoms with Gasteiger partial charge < -0.3 is 9.80 Å². The predicted octanol–water partition coefficient (Wildman–Crippen LogP) is 1.40. The van der Waals surface area contributed by atoms with E-state index in [1.54, 1.807) is 0 Å². The number of hydrogen-bond acceptors (Lipinski definition) is 2. The molecule has 104 valence electrons. The molecule has 4 aliphatic heterocycles. The van der Waals surface area contributed by atoms with Crippen LogP contribution in [0.1, 0.15) is 44.9 Å². The summed E-state index contributed by atoms with van der Waals surface area (Å²) in [4.78, 5) is 29.1. The van der Waals surface area contributed by atoms with Crippen molar-refractivity contribution < 1.29 is 9.59 Å². The number of nitrogens with zero attached hydrogens (tertiary/aromatic N) is 2. The second-order valence-electron chi connectivity index (χ2n) is 6.70. The molecule has 4 saturated heterocycles. The molecule has 4 fully saturated rings. The lowest BCUT2D eigenvalue weighted by molar-refractivity contribution is -0.164. The molecule has 4 rings (SSSR count). The van der Waals surface area contributed by atoms with E-state index in [0.29, 0.717) is 30.2 Å². The third-order valence-corrected chi connectivity index (χ3v) is 5.76. The topological polar surface area (TPSA) is 40.6 Å². The molecule has 19 heavy (non-hydrogen) atoms. The summed E-state index contributed by atoms with van der Waals surface area (Å²) < 4.78 is 0. The first-order chi connectivity index (χ1) is 9.25. The predicted molar refractivity (Wildman–Crippen MR) is 70.3 cm³/mol. The zero-order chi connectivity index (χ0) is 13.0. The number of hydrogen-bond donors (Lipinski definition) is 0. The Bertz CT molecular complexity index is 422. The van der Waals surface area contributed by atoms with Gasteiger partial charge in [-0.05, 0) is 44.4 Å². The van der Waals surface area contributed by atoms with Gasteiger partial charge >= 0.3 is 0 Å². The van der Waals surface area contributed by atoms with E-state index in [-0.39, 0.29) is 12.0 Å². The van der Waals surface area contributed by atoms with Crippen LogP contribution in [0.3, 0.4) is 0 Å². The summed E-state index contributed by atoms with van der Waals surface area (Å²) in [5.74, 6) is 1.30. The average Bonchev–Trinajstić information content (AvgIpc) is 2.45. The van der Waals surface area contributed by atoms with Crippen molar-refractivity contribution in [2.24, 2.45) is 11.8 Å². The molecular weight excluding hydrogens is 240 g/mol. The van der Waals surface area contributed by atoms with Gasteiger partial charge in [0, 0.05) is 31.6 Å². The molecule has 0 radical (unpaired) electrons. The Balaban J connectivity index is 1.66. The van der Waals surface area contributed by atoms with Gasteiger partial charge in [-0.15, -0.1) is 0 Å². The van der Waals surface area contributed by atoms with Crippen molar-refractivity contribution in [2.75, 3.05) is 13.1 Å². The van der Waals surface area contributed by atoms with Crippen molar-refractivity contribution in [1.82, 2.24) is 9.80 Å². The van der Waals surface area contributed by atoms with Crippen molar-refractivity contribution >= 4 is 11.8 Å². The zero-order valence-electron chi connectivity index (χ0n) is 11.4. The smallest absolute Gasteiger partial charge is 0.228 e. The molecule has 0 N–H and O–H groups in total. The Morgan fingerprint density at radius 1 is 0.947 bits per heavy atom. The number of piperidine rings is 4. The molecule has 0 aliphatic carbocycles. The van der Waals surface area contributed by atoms with E-state index in [0.717, 1.165) is 45.2 Å². The van der Waals surface area contributed by atoms with Gasteiger partial charge in [-0.3, -0.25) is 9.59 Å². The molecule has 4 nitrogen and oxygen atoms in total. The minimum absolute atomic E-state index is 0.109. The maximum atomic E-state index is 12.7. The summed E-state index contributed by atoms with van der Waals surface area (Å²) >= 11 is 0. The maximum Gasteiger partial charge on any atom is 0.228 e. The number of carbonyl (C=O) groups excluding carboxylic acids is 2. The fourth-order valence-corrected chi connectivity index (χ4v) is 4.89. The largest absolute Gasteiger partial charge is 0.339 e. The molecule has 4 heteroatoms. The summed E-state index contributed by atoms with van der Waals surface area (Å²) in [6.45, 7) is 1.87. The molecule has 4 atom stereocenters. The van der Waals surface area contributed by atoms with E-state index in [1.807, 2.05) is 0 Å². The van der Waals surface area contributed by atoms with Crippen LogP contribution in [0.25, 0.3) is 0 Å². The number of carbonyl (C=O) groups is 2. The van der Waals surface area contributed by atoms with Crippen LogP contribution in [0.4, 0.5) is 0 Å². The standard InChI is InChI=1S/C15H22N2O2/c18-14-6-3-5-13-11-8-10(9-17(13)14)12-4-1-2-7-16(12)15(11)19/h10-13H,1-9H2/t10-,11+,12-,13+/m0/s1. The maximum absolute atomic E-state index is 12.7. The summed E-state index contributed by atoms with van der Waals surface area (Å²) in [7, 11) is 0. The van der Waals surface area contributed by atoms with E-state index in [9.17, 15) is 9.59 Å². The van der Waals surface area contributed by atoms with E-state index in [4.69, 9.17) is 0 Å². The van der Waals surface area contributed by atoms with Crippen LogP contribution >= 0.6 is 0 Å². The molecule has 4 aliphatic rings. The molecule has 0 saturated carbocycles. The molecule has 2 bridgehead atoms. The Morgan fingerprint density at radius 3 is 2.68 bits per heavy atom. The lowest BCUT2D eigenvalue weighted by atomic mass is 9.70. The third kappa shape index (κ3) is 1.65. The van der Waals surface area contributed by atoms with Crippen LogP contribution in [0.5, 0.6) is 0 Å². The van der Waals surface area contributed by atoms with Crippen LogP contribution in [0, 0.1) is 11.8 Å². The molecule has 0 aromatic rings. The van der Waals surface area contributed by atoms with Gasteiger partial charge in [0.1, 0.15) is 0 Å². The highest BCUT2D eigenvalue weighted by Gasteiger charge is 2.52. The molecule has 0 aromatic carbocycles. The van der Waals surface area contributed by atoms with Crippen LogP contribution in [0.2, 0.25) is 0 Å². The molecule has 0 aromatic heterocycles. The highest BCUT2D eigenvalue weighted by molar-refractivity contribution is 5.84. The summed E-state index contributed by atoms with van der Waals surface area (Å²) in [6.07, 6.45) is 7.29. The first-order valence-corrected chi connectivity index (χ1v) is 7.85. The first kappa shape index (κ1) is 11.7. The molecule has 0 unspecified atom stereocenters. The van der Waals surface area contributed by atoms with Gasteiger partial charge in [-0.2, -0.15) is 0 Å². The van der Waals surface area contributed by atoms with Gasteiger partial charge in [-0.25, -0.2) is 0 Å². The van der Waals surface area contributed by atoms with Crippen LogP contribution < -0.4 is 0 Å². The van der Waals surface area contributed by atoms with Gasteiger partial charge in [0.05, 0.1) is 5.92 Å². The van der Waals surface area contributed by atoms with Crippen LogP contribution in [-0.4, -0.2) is 46.8 Å². The highest BCUT2D eigenvalue weighted by atomic mass is 16.2. The van der Waals surface area contributed by atoms with Crippen LogP contribution in [-0.2, 0) is 9.59 Å². The fraction of sp³-hybridized carbons (Fsp3) is 0.867. The molecule has 2 amide bonds. The summed E-state index contributed by atoms with van der Waals surface area (Å²) in [5, 5.41) is 0. The Kier molecular flexibility index (Phi) is 2.61. The van der Waals surface area contributed by atoms with Crippen molar-refractivity contribution in [2.45, 2.75) is 57.0 Å². The second kappa shape index (κ2) is 4.22. The highest BCUT2D eigenvalue weighted by Crippen LogP contribution is 2.43. The van der Waals surface area contributed by atoms with Crippen molar-refractivity contribution in [1.29, 1.82) is 0 Å². The summed E-state index contributed by atoms with van der Waals surface area (Å²) in [6, 6.07) is 0.640. The van der Waals surface area contributed by atoms with Crippen molar-refractivity contribution in [3.05, 3.63) is 0 Å². The van der Waals surface area contributed by atoms with Gasteiger partial charge in [-0.1, -0.05) is 0 Å². The average molecular weight is 262 g/mol. The molecule has 4 heterocycles. The lowest BCUT2D eigenvalue weighted by Crippen LogP contribution is -2.66. The molecular formula is C15H22N2O2.